The van der Waals surface area contributed by atoms with Gasteiger partial charge in [-0.25, -0.2) is 0 Å². The first-order valence-electron chi connectivity index (χ1n) is 5.03. The predicted octanol–water partition coefficient (Wildman–Crippen LogP) is 1.54. The van der Waals surface area contributed by atoms with Gasteiger partial charge >= 0.3 is 0 Å². The third-order valence-electron chi connectivity index (χ3n) is 2.31. The molecular formula is C12H17NO3. The Morgan fingerprint density at radius 2 is 1.69 bits per heavy atom. The molecule has 4 nitrogen and oxygen atoms in total. The van der Waals surface area contributed by atoms with E-state index in [1.54, 1.807) is 19.1 Å². The van der Waals surface area contributed by atoms with Crippen LogP contribution in [0.3, 0.4) is 0 Å². The molecule has 1 aromatic rings. The lowest BCUT2D eigenvalue weighted by Gasteiger charge is -2.14. The molecule has 0 heterocycles. The number of rotatable bonds is 4. The van der Waals surface area contributed by atoms with Gasteiger partial charge in [-0.05, 0) is 31.5 Å². The quantitative estimate of drug-likeness (QED) is 0.786. The standard InChI is InChI=1S/C12H17NO3/c1-7-5-9(15-3)11(10(6-7)16-4)12(14)8(2)13/h5-6,8H,13H2,1-4H3. The van der Waals surface area contributed by atoms with Crippen LogP contribution in [-0.4, -0.2) is 26.0 Å². The molecule has 1 rings (SSSR count). The third kappa shape index (κ3) is 2.33. The molecule has 0 aliphatic heterocycles. The van der Waals surface area contributed by atoms with E-state index in [0.717, 1.165) is 5.56 Å². The van der Waals surface area contributed by atoms with Crippen molar-refractivity contribution in [1.82, 2.24) is 0 Å². The van der Waals surface area contributed by atoms with Gasteiger partial charge in [0, 0.05) is 0 Å². The maximum Gasteiger partial charge on any atom is 0.186 e. The first kappa shape index (κ1) is 12.5. The van der Waals surface area contributed by atoms with Gasteiger partial charge < -0.3 is 15.2 Å². The molecule has 88 valence electrons. The highest BCUT2D eigenvalue weighted by atomic mass is 16.5. The van der Waals surface area contributed by atoms with E-state index in [2.05, 4.69) is 0 Å². The van der Waals surface area contributed by atoms with E-state index in [1.807, 2.05) is 6.92 Å². The van der Waals surface area contributed by atoms with Crippen LogP contribution in [0, 0.1) is 6.92 Å². The Balaban J connectivity index is 3.38. The summed E-state index contributed by atoms with van der Waals surface area (Å²) in [4.78, 5) is 11.9. The Kier molecular flexibility index (Phi) is 3.90. The second-order valence-corrected chi connectivity index (χ2v) is 3.70. The fraction of sp³-hybridized carbons (Fsp3) is 0.417. The Labute approximate surface area is 95.3 Å². The van der Waals surface area contributed by atoms with Crippen LogP contribution < -0.4 is 15.2 Å². The average Bonchev–Trinajstić information content (AvgIpc) is 2.26. The molecule has 0 saturated heterocycles. The predicted molar refractivity (Wildman–Crippen MR) is 62.3 cm³/mol. The molecule has 0 spiro atoms. The molecule has 1 atom stereocenters. The van der Waals surface area contributed by atoms with Crippen molar-refractivity contribution in [2.24, 2.45) is 5.73 Å². The lowest BCUT2D eigenvalue weighted by atomic mass is 10.0. The van der Waals surface area contributed by atoms with Crippen molar-refractivity contribution in [3.8, 4) is 11.5 Å². The highest BCUT2D eigenvalue weighted by Crippen LogP contribution is 2.31. The van der Waals surface area contributed by atoms with Gasteiger partial charge in [0.25, 0.3) is 0 Å². The molecule has 0 bridgehead atoms. The van der Waals surface area contributed by atoms with Crippen LogP contribution in [0.2, 0.25) is 0 Å². The molecule has 2 N–H and O–H groups in total. The summed E-state index contributed by atoms with van der Waals surface area (Å²) < 4.78 is 10.4. The van der Waals surface area contributed by atoms with Crippen molar-refractivity contribution in [1.29, 1.82) is 0 Å². The number of ether oxygens (including phenoxy) is 2. The van der Waals surface area contributed by atoms with Crippen molar-refractivity contribution in [3.05, 3.63) is 23.3 Å². The van der Waals surface area contributed by atoms with E-state index >= 15 is 0 Å². The highest BCUT2D eigenvalue weighted by molar-refractivity contribution is 6.04. The molecule has 0 radical (unpaired) electrons. The Bertz CT molecular complexity index is 374. The number of benzene rings is 1. The fourth-order valence-electron chi connectivity index (χ4n) is 1.51. The molecule has 1 unspecified atom stereocenters. The van der Waals surface area contributed by atoms with Crippen LogP contribution in [0.5, 0.6) is 11.5 Å². The lowest BCUT2D eigenvalue weighted by molar-refractivity contribution is 0.0961. The van der Waals surface area contributed by atoms with Gasteiger partial charge in [-0.2, -0.15) is 0 Å². The number of nitrogens with two attached hydrogens (primary N) is 1. The minimum absolute atomic E-state index is 0.186. The molecular weight excluding hydrogens is 206 g/mol. The summed E-state index contributed by atoms with van der Waals surface area (Å²) in [6.07, 6.45) is 0. The number of ketones is 1. The summed E-state index contributed by atoms with van der Waals surface area (Å²) in [6, 6.07) is 3.00. The van der Waals surface area contributed by atoms with Crippen LogP contribution in [0.15, 0.2) is 12.1 Å². The van der Waals surface area contributed by atoms with Gasteiger partial charge in [-0.15, -0.1) is 0 Å². The maximum absolute atomic E-state index is 11.9. The number of Topliss-reactive ketones (excluding diaryl/α,β-unsaturated/α-hetero) is 1. The molecule has 1 aromatic carbocycles. The Hall–Kier alpha value is -1.55. The number of hydrogen-bond acceptors (Lipinski definition) is 4. The third-order valence-corrected chi connectivity index (χ3v) is 2.31. The number of methoxy groups -OCH3 is 2. The SMILES string of the molecule is COc1cc(C)cc(OC)c1C(=O)C(C)N. The first-order chi connectivity index (χ1) is 7.51. The number of hydrogen-bond donors (Lipinski definition) is 1. The number of aryl methyl sites for hydroxylation is 1. The van der Waals surface area contributed by atoms with Crippen LogP contribution in [0.25, 0.3) is 0 Å². The average molecular weight is 223 g/mol. The summed E-state index contributed by atoms with van der Waals surface area (Å²) >= 11 is 0. The lowest BCUT2D eigenvalue weighted by Crippen LogP contribution is -2.27. The molecule has 0 aromatic heterocycles. The molecule has 16 heavy (non-hydrogen) atoms. The largest absolute Gasteiger partial charge is 0.496 e. The monoisotopic (exact) mass is 223 g/mol. The minimum Gasteiger partial charge on any atom is -0.496 e. The summed E-state index contributed by atoms with van der Waals surface area (Å²) in [7, 11) is 3.04. The topological polar surface area (TPSA) is 61.5 Å². The molecule has 0 saturated carbocycles. The van der Waals surface area contributed by atoms with Gasteiger partial charge in [0.2, 0.25) is 0 Å². The van der Waals surface area contributed by atoms with Crippen LogP contribution in [-0.2, 0) is 0 Å². The van der Waals surface area contributed by atoms with Crippen LogP contribution in [0.4, 0.5) is 0 Å². The zero-order chi connectivity index (χ0) is 12.3. The van der Waals surface area contributed by atoms with E-state index < -0.39 is 6.04 Å². The van der Waals surface area contributed by atoms with Gasteiger partial charge in [-0.1, -0.05) is 0 Å². The van der Waals surface area contributed by atoms with E-state index in [9.17, 15) is 4.79 Å². The number of carbonyl (C=O) groups excluding carboxylic acids is 1. The minimum atomic E-state index is -0.578. The second kappa shape index (κ2) is 4.99. The van der Waals surface area contributed by atoms with Gasteiger partial charge in [0.05, 0.1) is 20.3 Å². The van der Waals surface area contributed by atoms with E-state index in [-0.39, 0.29) is 5.78 Å². The fourth-order valence-corrected chi connectivity index (χ4v) is 1.51. The zero-order valence-electron chi connectivity index (χ0n) is 10.0. The van der Waals surface area contributed by atoms with Crippen LogP contribution >= 0.6 is 0 Å². The van der Waals surface area contributed by atoms with Gasteiger partial charge in [0.1, 0.15) is 17.1 Å². The molecule has 0 amide bonds. The molecule has 0 fully saturated rings. The smallest absolute Gasteiger partial charge is 0.186 e. The molecule has 4 heteroatoms. The summed E-state index contributed by atoms with van der Waals surface area (Å²) in [5, 5.41) is 0. The second-order valence-electron chi connectivity index (χ2n) is 3.70. The summed E-state index contributed by atoms with van der Waals surface area (Å²) in [5.41, 5.74) is 6.97. The molecule has 0 aliphatic carbocycles. The van der Waals surface area contributed by atoms with Crippen molar-refractivity contribution in [2.75, 3.05) is 14.2 Å². The van der Waals surface area contributed by atoms with Crippen molar-refractivity contribution in [3.63, 3.8) is 0 Å². The van der Waals surface area contributed by atoms with E-state index in [0.29, 0.717) is 17.1 Å². The van der Waals surface area contributed by atoms with E-state index in [1.165, 1.54) is 14.2 Å². The van der Waals surface area contributed by atoms with E-state index in [4.69, 9.17) is 15.2 Å². The Morgan fingerprint density at radius 1 is 1.25 bits per heavy atom. The number of carbonyl (C=O) groups is 1. The van der Waals surface area contributed by atoms with Gasteiger partial charge in [0.15, 0.2) is 5.78 Å². The normalized spacial score (nSPS) is 12.1. The van der Waals surface area contributed by atoms with Crippen molar-refractivity contribution in [2.45, 2.75) is 19.9 Å². The van der Waals surface area contributed by atoms with Gasteiger partial charge in [-0.3, -0.25) is 4.79 Å². The zero-order valence-corrected chi connectivity index (χ0v) is 10.0. The summed E-state index contributed by atoms with van der Waals surface area (Å²) in [5.74, 6) is 0.812. The van der Waals surface area contributed by atoms with Crippen molar-refractivity contribution < 1.29 is 14.3 Å². The maximum atomic E-state index is 11.9. The Morgan fingerprint density at radius 3 is 2.00 bits per heavy atom. The first-order valence-corrected chi connectivity index (χ1v) is 5.03. The van der Waals surface area contributed by atoms with Crippen LogP contribution in [0.1, 0.15) is 22.8 Å². The van der Waals surface area contributed by atoms with Crippen molar-refractivity contribution >= 4 is 5.78 Å². The summed E-state index contributed by atoms with van der Waals surface area (Å²) in [6.45, 7) is 3.55. The highest BCUT2D eigenvalue weighted by Gasteiger charge is 2.21. The molecule has 0 aliphatic rings.